The largest absolute Gasteiger partial charge is 0.356 e. The lowest BCUT2D eigenvalue weighted by molar-refractivity contribution is -0.123. The molecular weight excluding hydrogens is 340 g/mol. The predicted molar refractivity (Wildman–Crippen MR) is 93.5 cm³/mol. The van der Waals surface area contributed by atoms with Gasteiger partial charge >= 0.3 is 0 Å². The quantitative estimate of drug-likeness (QED) is 0.608. The van der Waals surface area contributed by atoms with E-state index in [1.807, 2.05) is 18.3 Å². The van der Waals surface area contributed by atoms with Crippen molar-refractivity contribution in [3.63, 3.8) is 0 Å². The second-order valence-corrected chi connectivity index (χ2v) is 7.85. The molecule has 0 radical (unpaired) electrons. The highest BCUT2D eigenvalue weighted by Crippen LogP contribution is 2.59. The van der Waals surface area contributed by atoms with Gasteiger partial charge in [-0.15, -0.1) is 0 Å². The summed E-state index contributed by atoms with van der Waals surface area (Å²) in [6.07, 6.45) is 5.85. The average Bonchev–Trinajstić information content (AvgIpc) is 2.97. The number of allylic oxidation sites excluding steroid dienone is 2. The van der Waals surface area contributed by atoms with Crippen LogP contribution in [0.3, 0.4) is 0 Å². The summed E-state index contributed by atoms with van der Waals surface area (Å²) in [6, 6.07) is 4.01. The molecule has 0 spiro atoms. The number of rotatable bonds is 6. The number of pyridine rings is 1. The lowest BCUT2D eigenvalue weighted by atomic mass is 10.1. The normalized spacial score (nSPS) is 22.0. The van der Waals surface area contributed by atoms with Crippen molar-refractivity contribution < 1.29 is 4.79 Å². The van der Waals surface area contributed by atoms with Gasteiger partial charge in [0.1, 0.15) is 0 Å². The van der Waals surface area contributed by atoms with E-state index >= 15 is 0 Å². The maximum Gasteiger partial charge on any atom is 0.224 e. The second kappa shape index (κ2) is 6.95. The Hall–Kier alpha value is -1.16. The summed E-state index contributed by atoms with van der Waals surface area (Å²) in [5.74, 6) is 0.690. The minimum atomic E-state index is 0.0919. The molecule has 1 aromatic heterocycles. The van der Waals surface area contributed by atoms with Crippen molar-refractivity contribution in [1.29, 1.82) is 0 Å². The van der Waals surface area contributed by atoms with Crippen LogP contribution in [0, 0.1) is 17.3 Å². The Bertz CT molecular complexity index is 559. The average molecular weight is 365 g/mol. The molecule has 3 nitrogen and oxygen atoms in total. The van der Waals surface area contributed by atoms with Gasteiger partial charge in [0.15, 0.2) is 0 Å². The number of hydrogen-bond acceptors (Lipinski definition) is 2. The summed E-state index contributed by atoms with van der Waals surface area (Å²) < 4.78 is 0.992. The molecule has 2 unspecified atom stereocenters. The zero-order chi connectivity index (χ0) is 16.3. The van der Waals surface area contributed by atoms with Gasteiger partial charge in [0.05, 0.1) is 5.92 Å². The zero-order valence-electron chi connectivity index (χ0n) is 13.8. The summed E-state index contributed by atoms with van der Waals surface area (Å²) in [4.78, 5) is 16.6. The Balaban J connectivity index is 1.75. The van der Waals surface area contributed by atoms with Crippen molar-refractivity contribution in [2.45, 2.75) is 40.5 Å². The molecule has 1 saturated carbocycles. The minimum absolute atomic E-state index is 0.0919. The van der Waals surface area contributed by atoms with E-state index in [0.29, 0.717) is 12.5 Å². The molecule has 1 N–H and O–H groups in total. The molecule has 1 amide bonds. The van der Waals surface area contributed by atoms with Crippen molar-refractivity contribution in [2.24, 2.45) is 17.3 Å². The molecule has 0 aromatic carbocycles. The lowest BCUT2D eigenvalue weighted by Gasteiger charge is -2.06. The van der Waals surface area contributed by atoms with E-state index in [9.17, 15) is 4.79 Å². The van der Waals surface area contributed by atoms with Gasteiger partial charge in [-0.1, -0.05) is 25.5 Å². The molecule has 1 aliphatic carbocycles. The third-order valence-electron chi connectivity index (χ3n) is 4.40. The Morgan fingerprint density at radius 2 is 2.14 bits per heavy atom. The van der Waals surface area contributed by atoms with Gasteiger partial charge in [-0.3, -0.25) is 9.78 Å². The number of carbonyl (C=O) groups excluding carboxylic acids is 1. The van der Waals surface area contributed by atoms with Crippen molar-refractivity contribution in [2.75, 3.05) is 6.54 Å². The van der Waals surface area contributed by atoms with Crippen LogP contribution in [0.4, 0.5) is 0 Å². The van der Waals surface area contributed by atoms with Gasteiger partial charge in [-0.2, -0.15) is 0 Å². The van der Waals surface area contributed by atoms with Crippen LogP contribution in [0.25, 0.3) is 0 Å². The van der Waals surface area contributed by atoms with E-state index in [1.54, 1.807) is 0 Å². The summed E-state index contributed by atoms with van der Waals surface area (Å²) in [5, 5.41) is 3.08. The van der Waals surface area contributed by atoms with Crippen LogP contribution in [0.5, 0.6) is 0 Å². The number of aryl methyl sites for hydroxylation is 1. The first-order chi connectivity index (χ1) is 10.3. The molecule has 2 rings (SSSR count). The van der Waals surface area contributed by atoms with Crippen LogP contribution >= 0.6 is 15.9 Å². The van der Waals surface area contributed by atoms with Gasteiger partial charge in [-0.25, -0.2) is 0 Å². The summed E-state index contributed by atoms with van der Waals surface area (Å²) in [6.45, 7) is 9.24. The van der Waals surface area contributed by atoms with Crippen molar-refractivity contribution in [1.82, 2.24) is 10.3 Å². The van der Waals surface area contributed by atoms with Crippen LogP contribution in [-0.4, -0.2) is 17.4 Å². The van der Waals surface area contributed by atoms with Gasteiger partial charge in [0, 0.05) is 22.9 Å². The topological polar surface area (TPSA) is 42.0 Å². The van der Waals surface area contributed by atoms with Gasteiger partial charge < -0.3 is 5.32 Å². The molecule has 4 heteroatoms. The Morgan fingerprint density at radius 3 is 2.73 bits per heavy atom. The molecule has 1 aliphatic rings. The zero-order valence-corrected chi connectivity index (χ0v) is 15.4. The maximum atomic E-state index is 12.3. The van der Waals surface area contributed by atoms with Crippen molar-refractivity contribution >= 4 is 21.8 Å². The van der Waals surface area contributed by atoms with E-state index in [4.69, 9.17) is 0 Å². The third-order valence-corrected chi connectivity index (χ3v) is 4.87. The highest BCUT2D eigenvalue weighted by molar-refractivity contribution is 9.10. The van der Waals surface area contributed by atoms with Crippen molar-refractivity contribution in [3.05, 3.63) is 40.1 Å². The highest BCUT2D eigenvalue weighted by atomic mass is 79.9. The first-order valence-corrected chi connectivity index (χ1v) is 8.65. The lowest BCUT2D eigenvalue weighted by Crippen LogP contribution is -2.28. The molecule has 1 aromatic rings. The van der Waals surface area contributed by atoms with E-state index in [-0.39, 0.29) is 17.2 Å². The molecule has 22 heavy (non-hydrogen) atoms. The monoisotopic (exact) mass is 364 g/mol. The molecule has 0 saturated heterocycles. The molecule has 1 fully saturated rings. The maximum absolute atomic E-state index is 12.3. The van der Waals surface area contributed by atoms with E-state index in [0.717, 1.165) is 23.0 Å². The molecule has 120 valence electrons. The summed E-state index contributed by atoms with van der Waals surface area (Å²) in [5.41, 5.74) is 2.44. The van der Waals surface area contributed by atoms with Gasteiger partial charge in [-0.05, 0) is 66.1 Å². The van der Waals surface area contributed by atoms with Crippen LogP contribution in [0.15, 0.2) is 34.5 Å². The number of nitrogens with zero attached hydrogens (tertiary/aromatic N) is 1. The molecule has 0 aliphatic heterocycles. The fraction of sp³-hybridized carbons (Fsp3) is 0.556. The van der Waals surface area contributed by atoms with Crippen LogP contribution in [0.1, 0.15) is 39.8 Å². The van der Waals surface area contributed by atoms with Crippen LogP contribution in [-0.2, 0) is 11.2 Å². The first-order valence-electron chi connectivity index (χ1n) is 7.85. The smallest absolute Gasteiger partial charge is 0.224 e. The Morgan fingerprint density at radius 1 is 1.41 bits per heavy atom. The third kappa shape index (κ3) is 4.19. The number of hydrogen-bond donors (Lipinski definition) is 1. The number of halogens is 1. The SMILES string of the molecule is CC(C)=CC1C(C(=O)NCCCc2ccc(Br)cn2)C1(C)C. The van der Waals surface area contributed by atoms with E-state index < -0.39 is 0 Å². The van der Waals surface area contributed by atoms with Crippen LogP contribution in [0.2, 0.25) is 0 Å². The fourth-order valence-electron chi connectivity index (χ4n) is 2.99. The predicted octanol–water partition coefficient (Wildman–Crippen LogP) is 4.13. The highest BCUT2D eigenvalue weighted by Gasteiger charge is 2.60. The fourth-order valence-corrected chi connectivity index (χ4v) is 3.23. The molecule has 1 heterocycles. The van der Waals surface area contributed by atoms with E-state index in [2.05, 4.69) is 60.0 Å². The summed E-state index contributed by atoms with van der Waals surface area (Å²) >= 11 is 3.38. The Kier molecular flexibility index (Phi) is 5.43. The Labute approximate surface area is 141 Å². The van der Waals surface area contributed by atoms with Gasteiger partial charge in [0.25, 0.3) is 0 Å². The standard InChI is InChI=1S/C18H25BrN2O/c1-12(2)10-15-16(18(15,3)4)17(22)20-9-5-6-14-8-7-13(19)11-21-14/h7-8,10-11,15-16H,5-6,9H2,1-4H3,(H,20,22). The summed E-state index contributed by atoms with van der Waals surface area (Å²) in [7, 11) is 0. The van der Waals surface area contributed by atoms with Crippen molar-refractivity contribution in [3.8, 4) is 0 Å². The molecule has 0 bridgehead atoms. The molecular formula is C18H25BrN2O. The number of nitrogens with one attached hydrogen (secondary N) is 1. The molecule has 2 atom stereocenters. The van der Waals surface area contributed by atoms with E-state index in [1.165, 1.54) is 5.57 Å². The first kappa shape index (κ1) is 17.2. The second-order valence-electron chi connectivity index (χ2n) is 6.93. The number of aromatic nitrogens is 1. The van der Waals surface area contributed by atoms with Crippen LogP contribution < -0.4 is 5.32 Å². The number of amides is 1. The number of carbonyl (C=O) groups is 1. The minimum Gasteiger partial charge on any atom is -0.356 e. The van der Waals surface area contributed by atoms with Gasteiger partial charge in [0.2, 0.25) is 5.91 Å².